The molecule has 0 aliphatic heterocycles. The first-order chi connectivity index (χ1) is 29.8. The summed E-state index contributed by atoms with van der Waals surface area (Å²) >= 11 is 0. The number of unbranched alkanes of at least 4 members (excludes halogenated alkanes) is 19. The van der Waals surface area contributed by atoms with Gasteiger partial charge in [0.2, 0.25) is 0 Å². The lowest BCUT2D eigenvalue weighted by molar-refractivity contribution is -0.148. The second-order valence-electron chi connectivity index (χ2n) is 15.8. The number of ether oxygens (including phenoxy) is 2. The van der Waals surface area contributed by atoms with Crippen molar-refractivity contribution in [1.82, 2.24) is 0 Å². The van der Waals surface area contributed by atoms with Gasteiger partial charge in [0, 0.05) is 12.8 Å². The van der Waals surface area contributed by atoms with Gasteiger partial charge in [-0.3, -0.25) is 27.7 Å². The molecule has 5 N–H and O–H groups in total. The van der Waals surface area contributed by atoms with Gasteiger partial charge in [-0.05, 0) is 51.4 Å². The molecule has 0 heterocycles. The highest BCUT2D eigenvalue weighted by molar-refractivity contribution is 7.47. The topological polar surface area (TPSA) is 225 Å². The quantitative estimate of drug-likeness (QED) is 0.0166. The van der Waals surface area contributed by atoms with E-state index in [1.165, 1.54) is 77.0 Å². The summed E-state index contributed by atoms with van der Waals surface area (Å²) in [5.41, 5.74) is 0. The summed E-state index contributed by atoms with van der Waals surface area (Å²) in [6.45, 7) is 0.366. The first kappa shape index (κ1) is 60.3. The van der Waals surface area contributed by atoms with Gasteiger partial charge in [-0.2, -0.15) is 0 Å². The van der Waals surface area contributed by atoms with E-state index in [-0.39, 0.29) is 12.8 Å². The van der Waals surface area contributed by atoms with Crippen LogP contribution in [0.15, 0.2) is 36.5 Å². The second-order valence-corrected chi connectivity index (χ2v) is 18.7. The first-order valence-electron chi connectivity index (χ1n) is 23.3. The van der Waals surface area contributed by atoms with E-state index in [2.05, 4.69) is 68.4 Å². The van der Waals surface area contributed by atoms with Crippen molar-refractivity contribution in [1.29, 1.82) is 0 Å². The number of aliphatic hydroxyl groups excluding tert-OH is 3. The van der Waals surface area contributed by atoms with Gasteiger partial charge in [-0.25, -0.2) is 9.13 Å². The average Bonchev–Trinajstić information content (AvgIpc) is 3.24. The number of phosphoric acid groups is 2. The molecule has 0 amide bonds. The molecule has 0 spiro atoms. The molecule has 0 aromatic carbocycles. The summed E-state index contributed by atoms with van der Waals surface area (Å²) < 4.78 is 52.9. The van der Waals surface area contributed by atoms with Crippen molar-refractivity contribution in [2.75, 3.05) is 39.6 Å². The number of carbonyl (C=O) groups is 2. The summed E-state index contributed by atoms with van der Waals surface area (Å²) in [5.74, 6) is -1.01. The summed E-state index contributed by atoms with van der Waals surface area (Å²) in [4.78, 5) is 43.7. The fourth-order valence-electron chi connectivity index (χ4n) is 5.92. The number of carbonyl (C=O) groups excluding carboxylic acids is 2. The SMILES string of the molecule is CCCCC/C=C\C/C=C\C/C=C\CCCCCCC(=O)OCC(O)COP(=O)(O)OCC(O)COP(=O)(O)OCC(O)COC(=O)CCCCCCCCCCCCCCC. The molecule has 0 fully saturated rings. The van der Waals surface area contributed by atoms with Crippen LogP contribution in [0.25, 0.3) is 0 Å². The smallest absolute Gasteiger partial charge is 0.463 e. The van der Waals surface area contributed by atoms with Crippen molar-refractivity contribution in [2.24, 2.45) is 0 Å². The van der Waals surface area contributed by atoms with Gasteiger partial charge in [0.15, 0.2) is 0 Å². The maximum Gasteiger partial charge on any atom is 0.472 e. The van der Waals surface area contributed by atoms with E-state index in [0.717, 1.165) is 64.2 Å². The highest BCUT2D eigenvalue weighted by Crippen LogP contribution is 2.45. The molecule has 5 unspecified atom stereocenters. The lowest BCUT2D eigenvalue weighted by Crippen LogP contribution is -2.25. The van der Waals surface area contributed by atoms with Gasteiger partial charge < -0.3 is 34.6 Å². The molecule has 0 saturated heterocycles. The number of allylic oxidation sites excluding steroid dienone is 6. The maximum absolute atomic E-state index is 12.1. The standard InChI is InChI=1S/C45H84O15P2/c1-3-5-7-9-11-13-15-17-18-19-20-22-24-26-28-30-32-34-45(50)56-36-42(47)38-58-62(53,54)60-40-43(48)39-59-61(51,52)57-37-41(46)35-55-44(49)33-31-29-27-25-23-21-16-14-12-10-8-6-4-2/h11,13,17-18,20,22,41-43,46-48H,3-10,12,14-16,19,21,23-40H2,1-2H3,(H,51,52)(H,53,54)/b13-11-,18-17-,22-20-. The summed E-state index contributed by atoms with van der Waals surface area (Å²) in [6, 6.07) is 0. The molecule has 0 rings (SSSR count). The molecule has 5 atom stereocenters. The third-order valence-corrected chi connectivity index (χ3v) is 11.5. The van der Waals surface area contributed by atoms with Crippen molar-refractivity contribution < 1.29 is 71.4 Å². The Bertz CT molecular complexity index is 1260. The molecule has 15 nitrogen and oxygen atoms in total. The van der Waals surface area contributed by atoms with E-state index >= 15 is 0 Å². The highest BCUT2D eigenvalue weighted by atomic mass is 31.2. The highest BCUT2D eigenvalue weighted by Gasteiger charge is 2.28. The molecule has 0 saturated carbocycles. The van der Waals surface area contributed by atoms with E-state index in [9.17, 15) is 43.8 Å². The van der Waals surface area contributed by atoms with Crippen LogP contribution in [0.4, 0.5) is 0 Å². The molecular formula is C45H84O15P2. The number of hydrogen-bond donors (Lipinski definition) is 5. The minimum Gasteiger partial charge on any atom is -0.463 e. The zero-order valence-corrected chi connectivity index (χ0v) is 39.8. The molecule has 0 aromatic heterocycles. The van der Waals surface area contributed by atoms with Gasteiger partial charge >= 0.3 is 27.6 Å². The molecule has 0 bridgehead atoms. The van der Waals surface area contributed by atoms with Gasteiger partial charge in [0.1, 0.15) is 31.5 Å². The minimum atomic E-state index is -4.79. The van der Waals surface area contributed by atoms with E-state index < -0.39 is 85.5 Å². The van der Waals surface area contributed by atoms with Crippen molar-refractivity contribution in [3.63, 3.8) is 0 Å². The first-order valence-corrected chi connectivity index (χ1v) is 26.3. The van der Waals surface area contributed by atoms with Crippen LogP contribution >= 0.6 is 15.6 Å². The zero-order chi connectivity index (χ0) is 46.0. The monoisotopic (exact) mass is 927 g/mol. The van der Waals surface area contributed by atoms with Gasteiger partial charge in [-0.1, -0.05) is 153 Å². The Kier molecular flexibility index (Phi) is 40.8. The fourth-order valence-corrected chi connectivity index (χ4v) is 7.52. The van der Waals surface area contributed by atoms with Crippen LogP contribution < -0.4 is 0 Å². The summed E-state index contributed by atoms with van der Waals surface area (Å²) in [6.07, 6.45) is 35.6. The second kappa shape index (κ2) is 41.9. The number of aliphatic hydroxyl groups is 3. The summed E-state index contributed by atoms with van der Waals surface area (Å²) in [5, 5.41) is 30.0. The largest absolute Gasteiger partial charge is 0.472 e. The average molecular weight is 927 g/mol. The zero-order valence-electron chi connectivity index (χ0n) is 38.0. The third-order valence-electron chi connectivity index (χ3n) is 9.60. The Hall–Kier alpha value is -1.74. The van der Waals surface area contributed by atoms with Crippen LogP contribution in [-0.2, 0) is 46.3 Å². The minimum absolute atomic E-state index is 0.171. The molecule has 0 aromatic rings. The Labute approximate surface area is 373 Å². The van der Waals surface area contributed by atoms with Crippen LogP contribution in [0.3, 0.4) is 0 Å². The Balaban J connectivity index is 3.92. The van der Waals surface area contributed by atoms with Gasteiger partial charge in [-0.15, -0.1) is 0 Å². The third kappa shape index (κ3) is 43.5. The Morgan fingerprint density at radius 1 is 0.419 bits per heavy atom. The normalized spacial score (nSPS) is 15.5. The molecule has 0 aliphatic carbocycles. The van der Waals surface area contributed by atoms with E-state index in [4.69, 9.17) is 9.47 Å². The molecule has 364 valence electrons. The van der Waals surface area contributed by atoms with Crippen LogP contribution in [0, 0.1) is 0 Å². The molecule has 0 aliphatic rings. The lowest BCUT2D eigenvalue weighted by atomic mass is 10.0. The molecular weight excluding hydrogens is 842 g/mol. The van der Waals surface area contributed by atoms with Crippen molar-refractivity contribution in [2.45, 2.75) is 199 Å². The van der Waals surface area contributed by atoms with Gasteiger partial charge in [0.25, 0.3) is 0 Å². The van der Waals surface area contributed by atoms with Crippen LogP contribution in [-0.4, -0.2) is 95.0 Å². The van der Waals surface area contributed by atoms with Crippen molar-refractivity contribution in [3.05, 3.63) is 36.5 Å². The summed E-state index contributed by atoms with van der Waals surface area (Å²) in [7, 11) is -9.57. The lowest BCUT2D eigenvalue weighted by Gasteiger charge is -2.19. The molecule has 62 heavy (non-hydrogen) atoms. The van der Waals surface area contributed by atoms with Gasteiger partial charge in [0.05, 0.1) is 26.4 Å². The van der Waals surface area contributed by atoms with Crippen molar-refractivity contribution >= 4 is 27.6 Å². The number of esters is 2. The van der Waals surface area contributed by atoms with Crippen molar-refractivity contribution in [3.8, 4) is 0 Å². The number of hydrogen-bond acceptors (Lipinski definition) is 13. The molecule has 17 heteroatoms. The Morgan fingerprint density at radius 3 is 1.06 bits per heavy atom. The van der Waals surface area contributed by atoms with Crippen LogP contribution in [0.2, 0.25) is 0 Å². The Morgan fingerprint density at radius 2 is 0.694 bits per heavy atom. The molecule has 0 radical (unpaired) electrons. The van der Waals surface area contributed by atoms with E-state index in [1.807, 2.05) is 0 Å². The fraction of sp³-hybridized carbons (Fsp3) is 0.822. The number of phosphoric ester groups is 2. The number of rotatable bonds is 45. The van der Waals surface area contributed by atoms with Crippen LogP contribution in [0.1, 0.15) is 181 Å². The van der Waals surface area contributed by atoms with Crippen LogP contribution in [0.5, 0.6) is 0 Å². The van der Waals surface area contributed by atoms with E-state index in [1.54, 1.807) is 0 Å². The predicted molar refractivity (Wildman–Crippen MR) is 242 cm³/mol. The predicted octanol–water partition coefficient (Wildman–Crippen LogP) is 10.3. The van der Waals surface area contributed by atoms with E-state index in [0.29, 0.717) is 12.8 Å². The maximum atomic E-state index is 12.1.